The number of carbonyl (C=O) groups is 1. The molecule has 0 unspecified atom stereocenters. The van der Waals surface area contributed by atoms with E-state index in [4.69, 9.17) is 5.11 Å². The molecule has 2 aromatic rings. The number of hydrogen-bond donors (Lipinski definition) is 2. The Morgan fingerprint density at radius 3 is 2.75 bits per heavy atom. The number of carboxylic acid groups (broad SMARTS) is 1. The lowest BCUT2D eigenvalue weighted by molar-refractivity contribution is 0.0702. The molecule has 1 aromatic heterocycles. The lowest BCUT2D eigenvalue weighted by atomic mass is 10.0. The number of fused-ring (bicyclic) bond motifs is 1. The fourth-order valence-corrected chi connectivity index (χ4v) is 4.87. The van der Waals surface area contributed by atoms with E-state index in [-0.39, 0.29) is 9.77 Å². The van der Waals surface area contributed by atoms with Gasteiger partial charge in [-0.05, 0) is 23.6 Å². The first-order chi connectivity index (χ1) is 11.5. The van der Waals surface area contributed by atoms with Crippen LogP contribution in [0.15, 0.2) is 40.6 Å². The summed E-state index contributed by atoms with van der Waals surface area (Å²) in [6, 6.07) is 9.47. The van der Waals surface area contributed by atoms with Crippen LogP contribution in [0.5, 0.6) is 0 Å². The van der Waals surface area contributed by atoms with Gasteiger partial charge in [0.1, 0.15) is 4.88 Å². The van der Waals surface area contributed by atoms with Gasteiger partial charge >= 0.3 is 5.97 Å². The summed E-state index contributed by atoms with van der Waals surface area (Å²) in [4.78, 5) is 13.1. The molecule has 0 atom stereocenters. The molecule has 0 fully saturated rings. The quantitative estimate of drug-likeness (QED) is 0.814. The molecule has 0 radical (unpaired) electrons. The number of hydrogen-bond acceptors (Lipinski definition) is 5. The van der Waals surface area contributed by atoms with Gasteiger partial charge in [-0.2, -0.15) is 0 Å². The van der Waals surface area contributed by atoms with Crippen molar-refractivity contribution in [2.75, 3.05) is 19.6 Å². The average molecular weight is 366 g/mol. The maximum Gasteiger partial charge on any atom is 0.345 e. The van der Waals surface area contributed by atoms with E-state index in [1.807, 2.05) is 12.1 Å². The Labute approximate surface area is 144 Å². The number of benzene rings is 1. The van der Waals surface area contributed by atoms with Gasteiger partial charge in [-0.25, -0.2) is 17.9 Å². The topological polar surface area (TPSA) is 86.7 Å². The molecule has 1 aliphatic rings. The first kappa shape index (κ1) is 17.1. The first-order valence-electron chi connectivity index (χ1n) is 7.56. The Morgan fingerprint density at radius 1 is 1.29 bits per heavy atom. The van der Waals surface area contributed by atoms with Gasteiger partial charge in [0.2, 0.25) is 10.0 Å². The summed E-state index contributed by atoms with van der Waals surface area (Å²) in [6.07, 6.45) is 0.968. The summed E-state index contributed by atoms with van der Waals surface area (Å²) in [6.45, 7) is 2.63. The number of rotatable bonds is 6. The molecule has 1 aromatic carbocycles. The van der Waals surface area contributed by atoms with E-state index in [2.05, 4.69) is 21.8 Å². The highest BCUT2D eigenvalue weighted by Crippen LogP contribution is 2.20. The number of aromatic carboxylic acids is 1. The fourth-order valence-electron chi connectivity index (χ4n) is 2.74. The monoisotopic (exact) mass is 366 g/mol. The smallest absolute Gasteiger partial charge is 0.345 e. The molecule has 3 rings (SSSR count). The average Bonchev–Trinajstić information content (AvgIpc) is 3.06. The number of sulfonamides is 1. The van der Waals surface area contributed by atoms with E-state index in [0.717, 1.165) is 30.8 Å². The maximum atomic E-state index is 12.2. The van der Waals surface area contributed by atoms with Crippen molar-refractivity contribution in [3.8, 4) is 0 Å². The number of nitrogens with zero attached hydrogens (tertiary/aromatic N) is 1. The Bertz CT molecular complexity index is 845. The van der Waals surface area contributed by atoms with Crippen molar-refractivity contribution < 1.29 is 18.3 Å². The van der Waals surface area contributed by atoms with Crippen LogP contribution in [0.2, 0.25) is 0 Å². The molecule has 2 heterocycles. The number of nitrogens with one attached hydrogen (secondary N) is 1. The zero-order valence-electron chi connectivity index (χ0n) is 12.9. The molecule has 0 amide bonds. The third kappa shape index (κ3) is 3.84. The lowest BCUT2D eigenvalue weighted by Gasteiger charge is -2.28. The van der Waals surface area contributed by atoms with Crippen molar-refractivity contribution in [1.29, 1.82) is 0 Å². The van der Waals surface area contributed by atoms with E-state index < -0.39 is 16.0 Å². The molecule has 1 aliphatic heterocycles. The van der Waals surface area contributed by atoms with Gasteiger partial charge in [0, 0.05) is 31.6 Å². The maximum absolute atomic E-state index is 12.2. The molecular weight excluding hydrogens is 348 g/mol. The predicted molar refractivity (Wildman–Crippen MR) is 91.9 cm³/mol. The molecule has 0 aliphatic carbocycles. The lowest BCUT2D eigenvalue weighted by Crippen LogP contribution is -2.37. The third-order valence-electron chi connectivity index (χ3n) is 4.03. The molecule has 2 N–H and O–H groups in total. The van der Waals surface area contributed by atoms with Crippen molar-refractivity contribution in [3.05, 3.63) is 51.7 Å². The highest BCUT2D eigenvalue weighted by atomic mass is 32.2. The second kappa shape index (κ2) is 7.02. The minimum atomic E-state index is -3.66. The molecule has 128 valence electrons. The van der Waals surface area contributed by atoms with Crippen LogP contribution in [0.1, 0.15) is 20.8 Å². The molecule has 0 saturated heterocycles. The normalized spacial score (nSPS) is 15.2. The summed E-state index contributed by atoms with van der Waals surface area (Å²) in [5.41, 5.74) is 2.64. The standard InChI is InChI=1S/C16H18N2O4S2/c19-16(20)15-9-14(11-23-15)24(21,22)17-6-8-18-7-5-12-3-1-2-4-13(12)10-18/h1-4,9,11,17H,5-8,10H2,(H,19,20). The van der Waals surface area contributed by atoms with E-state index >= 15 is 0 Å². The van der Waals surface area contributed by atoms with Crippen LogP contribution >= 0.6 is 11.3 Å². The number of carboxylic acids is 1. The van der Waals surface area contributed by atoms with Crippen LogP contribution in [0, 0.1) is 0 Å². The highest BCUT2D eigenvalue weighted by Gasteiger charge is 2.20. The van der Waals surface area contributed by atoms with Gasteiger partial charge in [0.15, 0.2) is 0 Å². The summed E-state index contributed by atoms with van der Waals surface area (Å²) >= 11 is 0.909. The van der Waals surface area contributed by atoms with Gasteiger partial charge < -0.3 is 5.11 Å². The third-order valence-corrected chi connectivity index (χ3v) is 6.53. The van der Waals surface area contributed by atoms with Crippen LogP contribution in [0.3, 0.4) is 0 Å². The van der Waals surface area contributed by atoms with Crippen molar-refractivity contribution in [3.63, 3.8) is 0 Å². The molecule has 0 saturated carbocycles. The highest BCUT2D eigenvalue weighted by molar-refractivity contribution is 7.89. The van der Waals surface area contributed by atoms with E-state index in [0.29, 0.717) is 13.1 Å². The second-order valence-corrected chi connectivity index (χ2v) is 8.32. The van der Waals surface area contributed by atoms with Crippen molar-refractivity contribution in [2.24, 2.45) is 0 Å². The van der Waals surface area contributed by atoms with E-state index in [1.165, 1.54) is 22.6 Å². The summed E-state index contributed by atoms with van der Waals surface area (Å²) in [5, 5.41) is 10.2. The number of thiophene rings is 1. The van der Waals surface area contributed by atoms with Crippen LogP contribution in [0.25, 0.3) is 0 Å². The van der Waals surface area contributed by atoms with Gasteiger partial charge in [-0.3, -0.25) is 4.90 Å². The second-order valence-electron chi connectivity index (χ2n) is 5.64. The van der Waals surface area contributed by atoms with Crippen molar-refractivity contribution in [1.82, 2.24) is 9.62 Å². The Balaban J connectivity index is 1.55. The van der Waals surface area contributed by atoms with E-state index in [1.54, 1.807) is 0 Å². The molecule has 8 heteroatoms. The Kier molecular flexibility index (Phi) is 5.00. The molecule has 0 spiro atoms. The predicted octanol–water partition coefficient (Wildman–Crippen LogP) is 1.78. The zero-order chi connectivity index (χ0) is 17.2. The SMILES string of the molecule is O=C(O)c1cc(S(=O)(=O)NCCN2CCc3ccccc3C2)cs1. The molecular formula is C16H18N2O4S2. The summed E-state index contributed by atoms with van der Waals surface area (Å²) in [5.74, 6) is -1.12. The van der Waals surface area contributed by atoms with Crippen LogP contribution < -0.4 is 4.72 Å². The van der Waals surface area contributed by atoms with Crippen LogP contribution in [0.4, 0.5) is 0 Å². The molecule has 0 bridgehead atoms. The zero-order valence-corrected chi connectivity index (χ0v) is 14.6. The van der Waals surface area contributed by atoms with Gasteiger partial charge in [0.25, 0.3) is 0 Å². The van der Waals surface area contributed by atoms with E-state index in [9.17, 15) is 13.2 Å². The minimum absolute atomic E-state index is 0.00823. The molecule has 24 heavy (non-hydrogen) atoms. The molecule has 6 nitrogen and oxygen atoms in total. The largest absolute Gasteiger partial charge is 0.477 e. The summed E-state index contributed by atoms with van der Waals surface area (Å²) < 4.78 is 26.9. The van der Waals surface area contributed by atoms with Gasteiger partial charge in [-0.1, -0.05) is 24.3 Å². The van der Waals surface area contributed by atoms with Crippen LogP contribution in [-0.2, 0) is 23.0 Å². The fraction of sp³-hybridized carbons (Fsp3) is 0.312. The van der Waals surface area contributed by atoms with Gasteiger partial charge in [-0.15, -0.1) is 11.3 Å². The Morgan fingerprint density at radius 2 is 2.04 bits per heavy atom. The van der Waals surface area contributed by atoms with Crippen LogP contribution in [-0.4, -0.2) is 44.0 Å². The van der Waals surface area contributed by atoms with Crippen molar-refractivity contribution in [2.45, 2.75) is 17.9 Å². The van der Waals surface area contributed by atoms with Crippen molar-refractivity contribution >= 4 is 27.3 Å². The Hall–Kier alpha value is -1.74. The summed E-state index contributed by atoms with van der Waals surface area (Å²) in [7, 11) is -3.66. The first-order valence-corrected chi connectivity index (χ1v) is 9.92. The van der Waals surface area contributed by atoms with Gasteiger partial charge in [0.05, 0.1) is 4.90 Å². The minimum Gasteiger partial charge on any atom is -0.477 e.